The Morgan fingerprint density at radius 1 is 0.488 bits per heavy atom. The number of anilines is 3. The fourth-order valence-electron chi connectivity index (χ4n) is 5.95. The molecule has 0 aliphatic rings. The van der Waals surface area contributed by atoms with Crippen LogP contribution in [0, 0.1) is 0 Å². The van der Waals surface area contributed by atoms with Gasteiger partial charge in [-0.2, -0.15) is 0 Å². The fraction of sp³-hybridized carbons (Fsp3) is 0.0500. The lowest BCUT2D eigenvalue weighted by molar-refractivity contribution is -0.735. The maximum atomic E-state index is 5.43. The van der Waals surface area contributed by atoms with E-state index in [0.29, 0.717) is 0 Å². The summed E-state index contributed by atoms with van der Waals surface area (Å²) in [6.45, 7) is 0. The number of nitrogens with zero attached hydrogens (tertiary/aromatic N) is 1. The standard InChI is InChI=1S/C40H32N2O/c1-41(35-14-9-15-36(28-35)43-2)33-24-20-29(21-25-33)30-22-26-34(27-23-30)42(39-18-7-12-31-10-3-5-16-37(31)39)40-19-8-13-32-11-4-6-17-38(32)40/h3-28H,1-2H3/p+1. The Hall–Kier alpha value is -5.38. The molecule has 7 aromatic rings. The molecule has 43 heavy (non-hydrogen) atoms. The second-order valence-corrected chi connectivity index (χ2v) is 10.8. The molecule has 0 radical (unpaired) electrons. The summed E-state index contributed by atoms with van der Waals surface area (Å²) in [4.78, 5) is 3.62. The van der Waals surface area contributed by atoms with E-state index in [1.807, 2.05) is 12.1 Å². The monoisotopic (exact) mass is 557 g/mol. The van der Waals surface area contributed by atoms with Crippen LogP contribution in [0.1, 0.15) is 0 Å². The van der Waals surface area contributed by atoms with Crippen LogP contribution < -0.4 is 14.5 Å². The van der Waals surface area contributed by atoms with Crippen LogP contribution in [0.25, 0.3) is 32.7 Å². The zero-order valence-corrected chi connectivity index (χ0v) is 24.4. The molecule has 0 spiro atoms. The summed E-state index contributed by atoms with van der Waals surface area (Å²) in [5.41, 5.74) is 8.19. The number of ether oxygens (including phenoxy) is 1. The summed E-state index contributed by atoms with van der Waals surface area (Å²) in [6, 6.07) is 56.3. The first kappa shape index (κ1) is 26.5. The van der Waals surface area contributed by atoms with Crippen molar-refractivity contribution < 1.29 is 9.64 Å². The van der Waals surface area contributed by atoms with Gasteiger partial charge in [0.25, 0.3) is 0 Å². The van der Waals surface area contributed by atoms with Gasteiger partial charge in [-0.05, 0) is 70.4 Å². The van der Waals surface area contributed by atoms with Crippen LogP contribution in [0.5, 0.6) is 5.75 Å². The molecular weight excluding hydrogens is 524 g/mol. The van der Waals surface area contributed by atoms with Crippen molar-refractivity contribution in [2.75, 3.05) is 19.1 Å². The van der Waals surface area contributed by atoms with Gasteiger partial charge in [-0.25, -0.2) is 0 Å². The van der Waals surface area contributed by atoms with Gasteiger partial charge in [-0.1, -0.05) is 91.0 Å². The predicted octanol–water partition coefficient (Wildman–Crippen LogP) is 9.62. The highest BCUT2D eigenvalue weighted by molar-refractivity contribution is 6.04. The highest BCUT2D eigenvalue weighted by atomic mass is 16.5. The molecule has 3 nitrogen and oxygen atoms in total. The maximum absolute atomic E-state index is 5.43. The van der Waals surface area contributed by atoms with Gasteiger partial charge in [0.05, 0.1) is 25.5 Å². The van der Waals surface area contributed by atoms with Crippen molar-refractivity contribution in [3.63, 3.8) is 0 Å². The van der Waals surface area contributed by atoms with Gasteiger partial charge in [0, 0.05) is 34.7 Å². The van der Waals surface area contributed by atoms with Crippen molar-refractivity contribution >= 4 is 50.0 Å². The van der Waals surface area contributed by atoms with Crippen molar-refractivity contribution in [1.29, 1.82) is 0 Å². The number of methoxy groups -OCH3 is 1. The lowest BCUT2D eigenvalue weighted by atomic mass is 10.0. The Kier molecular flexibility index (Phi) is 7.08. The number of hydrogen-bond acceptors (Lipinski definition) is 2. The number of quaternary nitrogens is 1. The van der Waals surface area contributed by atoms with Gasteiger partial charge in [-0.3, -0.25) is 4.90 Å². The highest BCUT2D eigenvalue weighted by Gasteiger charge is 2.18. The second kappa shape index (κ2) is 11.5. The number of nitrogens with one attached hydrogen (secondary N) is 1. The number of hydrogen-bond donors (Lipinski definition) is 1. The summed E-state index contributed by atoms with van der Waals surface area (Å²) in [7, 11) is 3.87. The Morgan fingerprint density at radius 3 is 1.58 bits per heavy atom. The summed E-state index contributed by atoms with van der Waals surface area (Å²) in [5.74, 6) is 0.870. The van der Waals surface area contributed by atoms with E-state index in [0.717, 1.165) is 22.8 Å². The third-order valence-electron chi connectivity index (χ3n) is 8.29. The van der Waals surface area contributed by atoms with E-state index in [2.05, 4.69) is 158 Å². The normalized spacial score (nSPS) is 11.9. The van der Waals surface area contributed by atoms with Crippen LogP contribution >= 0.6 is 0 Å². The zero-order chi connectivity index (χ0) is 29.2. The maximum Gasteiger partial charge on any atom is 0.139 e. The number of fused-ring (bicyclic) bond motifs is 2. The van der Waals surface area contributed by atoms with E-state index in [4.69, 9.17) is 4.74 Å². The molecule has 0 saturated heterocycles. The Balaban J connectivity index is 1.26. The summed E-state index contributed by atoms with van der Waals surface area (Å²) < 4.78 is 5.43. The van der Waals surface area contributed by atoms with Gasteiger partial charge in [0.1, 0.15) is 17.1 Å². The first-order valence-electron chi connectivity index (χ1n) is 14.6. The van der Waals surface area contributed by atoms with Crippen LogP contribution in [0.4, 0.5) is 28.4 Å². The Morgan fingerprint density at radius 2 is 1.00 bits per heavy atom. The largest absolute Gasteiger partial charge is 0.497 e. The topological polar surface area (TPSA) is 16.9 Å². The van der Waals surface area contributed by atoms with Crippen molar-refractivity contribution in [3.8, 4) is 16.9 Å². The average Bonchev–Trinajstić information content (AvgIpc) is 3.09. The summed E-state index contributed by atoms with van der Waals surface area (Å²) in [6.07, 6.45) is 0. The molecular formula is C40H33N2O+. The molecule has 208 valence electrons. The Bertz CT molecular complexity index is 1940. The van der Waals surface area contributed by atoms with Gasteiger partial charge in [0.15, 0.2) is 0 Å². The molecule has 0 aliphatic carbocycles. The fourth-order valence-corrected chi connectivity index (χ4v) is 5.95. The summed E-state index contributed by atoms with van der Waals surface area (Å²) >= 11 is 0. The quantitative estimate of drug-likeness (QED) is 0.210. The molecule has 0 aromatic heterocycles. The van der Waals surface area contributed by atoms with Gasteiger partial charge in [0.2, 0.25) is 0 Å². The van der Waals surface area contributed by atoms with Crippen molar-refractivity contribution in [2.45, 2.75) is 0 Å². The third kappa shape index (κ3) is 5.12. The van der Waals surface area contributed by atoms with E-state index < -0.39 is 0 Å². The molecule has 1 unspecified atom stereocenters. The van der Waals surface area contributed by atoms with Crippen LogP contribution in [0.2, 0.25) is 0 Å². The first-order valence-corrected chi connectivity index (χ1v) is 14.6. The van der Waals surface area contributed by atoms with Gasteiger partial charge in [-0.15, -0.1) is 0 Å². The van der Waals surface area contributed by atoms with E-state index in [-0.39, 0.29) is 0 Å². The molecule has 0 fully saturated rings. The highest BCUT2D eigenvalue weighted by Crippen LogP contribution is 2.42. The molecule has 7 aromatic carbocycles. The van der Waals surface area contributed by atoms with Crippen LogP contribution in [-0.2, 0) is 0 Å². The van der Waals surface area contributed by atoms with Crippen molar-refractivity contribution in [1.82, 2.24) is 0 Å². The lowest BCUT2D eigenvalue weighted by Gasteiger charge is -2.28. The van der Waals surface area contributed by atoms with Gasteiger partial charge < -0.3 is 9.64 Å². The van der Waals surface area contributed by atoms with E-state index in [1.165, 1.54) is 48.9 Å². The molecule has 7 rings (SSSR count). The van der Waals surface area contributed by atoms with E-state index in [1.54, 1.807) is 7.11 Å². The summed E-state index contributed by atoms with van der Waals surface area (Å²) in [5, 5.41) is 4.89. The predicted molar refractivity (Wildman–Crippen MR) is 181 cm³/mol. The van der Waals surface area contributed by atoms with Crippen molar-refractivity contribution in [2.24, 2.45) is 0 Å². The minimum Gasteiger partial charge on any atom is -0.497 e. The van der Waals surface area contributed by atoms with Crippen molar-refractivity contribution in [3.05, 3.63) is 158 Å². The Labute approximate surface area is 252 Å². The number of benzene rings is 7. The molecule has 0 amide bonds. The molecule has 0 saturated carbocycles. The molecule has 3 heteroatoms. The van der Waals surface area contributed by atoms with E-state index in [9.17, 15) is 0 Å². The lowest BCUT2D eigenvalue weighted by Crippen LogP contribution is -2.98. The second-order valence-electron chi connectivity index (χ2n) is 10.8. The molecule has 0 aliphatic heterocycles. The SMILES string of the molecule is COc1cccc([NH+](C)c2ccc(-c3ccc(N(c4cccc5ccccc45)c4cccc5ccccc45)cc3)cc2)c1. The third-order valence-corrected chi connectivity index (χ3v) is 8.29. The molecule has 1 N–H and O–H groups in total. The number of rotatable bonds is 7. The minimum atomic E-state index is 0.870. The molecule has 0 bridgehead atoms. The average molecular weight is 558 g/mol. The minimum absolute atomic E-state index is 0.870. The molecule has 1 atom stereocenters. The van der Waals surface area contributed by atoms with Gasteiger partial charge >= 0.3 is 0 Å². The van der Waals surface area contributed by atoms with Crippen LogP contribution in [-0.4, -0.2) is 14.2 Å². The van der Waals surface area contributed by atoms with Crippen LogP contribution in [0.15, 0.2) is 158 Å². The zero-order valence-electron chi connectivity index (χ0n) is 24.4. The first-order chi connectivity index (χ1) is 21.2. The van der Waals surface area contributed by atoms with E-state index >= 15 is 0 Å². The van der Waals surface area contributed by atoms with Crippen LogP contribution in [0.3, 0.4) is 0 Å². The molecule has 0 heterocycles. The smallest absolute Gasteiger partial charge is 0.139 e.